The molecule has 0 aliphatic heterocycles. The number of rotatable bonds is 15. The van der Waals surface area contributed by atoms with E-state index in [1.165, 1.54) is 38.3 Å². The topological polar surface area (TPSA) is 308 Å². The third kappa shape index (κ3) is 10.4. The molecule has 4 rings (SSSR count). The van der Waals surface area contributed by atoms with Crippen LogP contribution in [0.4, 0.5) is 39.8 Å². The number of carbonyl (C=O) groups excluding carboxylic acids is 1. The summed E-state index contributed by atoms with van der Waals surface area (Å²) in [5, 5.41) is 67.4. The zero-order chi connectivity index (χ0) is 39.8. The van der Waals surface area contributed by atoms with Crippen molar-refractivity contribution in [2.75, 3.05) is 24.8 Å². The number of carboxylic acids is 1. The summed E-state index contributed by atoms with van der Waals surface area (Å²) in [4.78, 5) is 23.7. The van der Waals surface area contributed by atoms with Crippen LogP contribution in [0.15, 0.2) is 96.2 Å². The number of nitrogens with one attached hydrogen (secondary N) is 1. The van der Waals surface area contributed by atoms with E-state index in [-0.39, 0.29) is 38.9 Å². The molecule has 22 heteroatoms. The number of methoxy groups -OCH3 is 1. The number of benzene rings is 4. The van der Waals surface area contributed by atoms with E-state index >= 15 is 0 Å². The predicted molar refractivity (Wildman–Crippen MR) is 190 cm³/mol. The van der Waals surface area contributed by atoms with Gasteiger partial charge in [0.25, 0.3) is 0 Å². The predicted octanol–water partition coefficient (Wildman–Crippen LogP) is 6.40. The summed E-state index contributed by atoms with van der Waals surface area (Å²) in [6.45, 7) is 1.54. The molecule has 0 saturated carbocycles. The summed E-state index contributed by atoms with van der Waals surface area (Å²) >= 11 is 0. The van der Waals surface area contributed by atoms with Gasteiger partial charge in [0.1, 0.15) is 28.6 Å². The molecule has 0 aromatic heterocycles. The highest BCUT2D eigenvalue weighted by Crippen LogP contribution is 2.47. The Bertz CT molecular complexity index is 2420. The van der Waals surface area contributed by atoms with Crippen molar-refractivity contribution in [3.05, 3.63) is 77.4 Å². The van der Waals surface area contributed by atoms with Gasteiger partial charge in [0.2, 0.25) is 5.91 Å². The first-order chi connectivity index (χ1) is 25.4. The Morgan fingerprint density at radius 1 is 0.815 bits per heavy atom. The van der Waals surface area contributed by atoms with E-state index in [9.17, 15) is 46.9 Å². The molecule has 0 atom stereocenters. The number of carbonyl (C=O) groups is 2. The summed E-state index contributed by atoms with van der Waals surface area (Å²) in [5.41, 5.74) is -0.559. The van der Waals surface area contributed by atoms with Crippen LogP contribution in [0.3, 0.4) is 0 Å². The lowest BCUT2D eigenvalue weighted by Gasteiger charge is -2.09. The van der Waals surface area contributed by atoms with Gasteiger partial charge in [0.15, 0.2) is 21.3 Å². The summed E-state index contributed by atoms with van der Waals surface area (Å²) in [6, 6.07) is 13.2. The van der Waals surface area contributed by atoms with Crippen molar-refractivity contribution in [1.29, 1.82) is 0 Å². The molecular weight excluding hydrogens is 755 g/mol. The van der Waals surface area contributed by atoms with Gasteiger partial charge >= 0.3 is 16.4 Å². The molecule has 0 aliphatic carbocycles. The number of aryl methyl sites for hydroxylation is 1. The molecule has 0 aliphatic rings. The standard InChI is InChI=1S/C32H31N7O13S2/c1-17-4-9-28(51-3)26(12-17)37-38-29-22(32(44)45)15-27(42)30(31(29)43)39-34-20-6-8-23(25(13-20)33-18(2)41)35-36-24-14-21(7-5-19(24)16-40)53(46,47)11-10-52-54(48,49)50/h4-9,12-15,40,42-43H,10-11,16H2,1-3H3,(H,33,41)(H,44,45)(H,48,49,50). The first-order valence-corrected chi connectivity index (χ1v) is 18.2. The number of aromatic hydroxyl groups is 2. The number of amides is 1. The molecule has 0 radical (unpaired) electrons. The normalized spacial score (nSPS) is 12.2. The Morgan fingerprint density at radius 3 is 2.15 bits per heavy atom. The average molecular weight is 786 g/mol. The summed E-state index contributed by atoms with van der Waals surface area (Å²) < 4.78 is 65.1. The zero-order valence-corrected chi connectivity index (χ0v) is 30.0. The minimum atomic E-state index is -4.87. The Kier molecular flexibility index (Phi) is 12.8. The highest BCUT2D eigenvalue weighted by molar-refractivity contribution is 7.91. The monoisotopic (exact) mass is 785 g/mol. The second kappa shape index (κ2) is 17.1. The SMILES string of the molecule is COc1ccc(C)cc1N=Nc1c(C(=O)O)cc(O)c(N=Nc2ccc(N=Nc3cc(S(=O)(=O)CCOS(=O)(=O)O)ccc3CO)c(NC(C)=O)c2)c1O. The van der Waals surface area contributed by atoms with Crippen molar-refractivity contribution in [2.45, 2.75) is 25.3 Å². The Labute approximate surface area is 307 Å². The number of aromatic carboxylic acids is 1. The number of anilines is 1. The fraction of sp³-hybridized carbons (Fsp3) is 0.188. The molecule has 6 N–H and O–H groups in total. The van der Waals surface area contributed by atoms with Gasteiger partial charge < -0.3 is 30.5 Å². The number of azo groups is 3. The summed E-state index contributed by atoms with van der Waals surface area (Å²) in [7, 11) is -7.62. The van der Waals surface area contributed by atoms with Gasteiger partial charge in [-0.25, -0.2) is 17.4 Å². The first-order valence-electron chi connectivity index (χ1n) is 15.1. The highest BCUT2D eigenvalue weighted by atomic mass is 32.3. The van der Waals surface area contributed by atoms with Crippen LogP contribution in [0.5, 0.6) is 17.2 Å². The number of carboxylic acid groups (broad SMARTS) is 1. The largest absolute Gasteiger partial charge is 0.505 e. The number of aliphatic hydroxyl groups excluding tert-OH is 1. The molecule has 0 saturated heterocycles. The second-order valence-corrected chi connectivity index (χ2v) is 14.2. The molecule has 54 heavy (non-hydrogen) atoms. The minimum absolute atomic E-state index is 0.0219. The summed E-state index contributed by atoms with van der Waals surface area (Å²) in [6.07, 6.45) is 0. The molecule has 4 aromatic carbocycles. The van der Waals surface area contributed by atoms with Crippen LogP contribution in [0.25, 0.3) is 0 Å². The van der Waals surface area contributed by atoms with Crippen molar-refractivity contribution >= 4 is 71.9 Å². The molecule has 0 unspecified atom stereocenters. The van der Waals surface area contributed by atoms with Gasteiger partial charge in [-0.05, 0) is 61.0 Å². The number of aliphatic hydroxyl groups is 1. The molecule has 20 nitrogen and oxygen atoms in total. The maximum absolute atomic E-state index is 12.7. The molecule has 284 valence electrons. The van der Waals surface area contributed by atoms with Crippen LogP contribution in [0.2, 0.25) is 0 Å². The Balaban J connectivity index is 1.69. The lowest BCUT2D eigenvalue weighted by atomic mass is 10.1. The second-order valence-electron chi connectivity index (χ2n) is 11.0. The van der Waals surface area contributed by atoms with E-state index in [0.717, 1.165) is 23.8 Å². The van der Waals surface area contributed by atoms with Crippen molar-refractivity contribution in [2.24, 2.45) is 30.7 Å². The zero-order valence-electron chi connectivity index (χ0n) is 28.4. The van der Waals surface area contributed by atoms with E-state index < -0.39 is 79.5 Å². The van der Waals surface area contributed by atoms with Gasteiger partial charge in [-0.2, -0.15) is 18.6 Å². The van der Waals surface area contributed by atoms with E-state index in [1.54, 1.807) is 25.1 Å². The third-order valence-electron chi connectivity index (χ3n) is 7.04. The van der Waals surface area contributed by atoms with Gasteiger partial charge in [0, 0.05) is 12.5 Å². The van der Waals surface area contributed by atoms with Gasteiger partial charge in [0.05, 0.1) is 53.6 Å². The maximum Gasteiger partial charge on any atom is 0.397 e. The molecule has 4 aromatic rings. The number of hydrogen-bond acceptors (Lipinski definition) is 17. The molecular formula is C32H31N7O13S2. The Morgan fingerprint density at radius 2 is 1.50 bits per heavy atom. The molecule has 0 heterocycles. The van der Waals surface area contributed by atoms with Crippen molar-refractivity contribution in [3.63, 3.8) is 0 Å². The van der Waals surface area contributed by atoms with Gasteiger partial charge in [-0.1, -0.05) is 12.1 Å². The Hall–Kier alpha value is -6.20. The third-order valence-corrected chi connectivity index (χ3v) is 9.18. The molecule has 0 fully saturated rings. The van der Waals surface area contributed by atoms with Crippen LogP contribution < -0.4 is 10.1 Å². The van der Waals surface area contributed by atoms with Crippen molar-refractivity contribution in [1.82, 2.24) is 0 Å². The number of hydrogen-bond donors (Lipinski definition) is 6. The van der Waals surface area contributed by atoms with Crippen LogP contribution in [-0.4, -0.2) is 73.2 Å². The quantitative estimate of drug-likeness (QED) is 0.0562. The summed E-state index contributed by atoms with van der Waals surface area (Å²) in [5.74, 6) is -4.22. The highest BCUT2D eigenvalue weighted by Gasteiger charge is 2.23. The van der Waals surface area contributed by atoms with Crippen molar-refractivity contribution in [3.8, 4) is 17.2 Å². The number of phenols is 2. The minimum Gasteiger partial charge on any atom is -0.505 e. The van der Waals surface area contributed by atoms with E-state index in [2.05, 4.69) is 40.2 Å². The van der Waals surface area contributed by atoms with Crippen LogP contribution >= 0.6 is 0 Å². The van der Waals surface area contributed by atoms with Gasteiger partial charge in [-0.3, -0.25) is 9.35 Å². The smallest absolute Gasteiger partial charge is 0.397 e. The molecule has 1 amide bonds. The van der Waals surface area contributed by atoms with Crippen molar-refractivity contribution < 1.29 is 60.3 Å². The fourth-order valence-electron chi connectivity index (χ4n) is 4.49. The lowest BCUT2D eigenvalue weighted by Crippen LogP contribution is -2.15. The number of sulfone groups is 1. The molecule has 0 spiro atoms. The number of phenolic OH excluding ortho intramolecular Hbond substituents is 2. The average Bonchev–Trinajstić information content (AvgIpc) is 3.09. The van der Waals surface area contributed by atoms with E-state index in [4.69, 9.17) is 9.29 Å². The van der Waals surface area contributed by atoms with Gasteiger partial charge in [-0.15, -0.1) is 20.5 Å². The lowest BCUT2D eigenvalue weighted by molar-refractivity contribution is -0.114. The number of nitrogens with zero attached hydrogens (tertiary/aromatic N) is 6. The number of ether oxygens (including phenoxy) is 1. The van der Waals surface area contributed by atoms with E-state index in [0.29, 0.717) is 5.75 Å². The van der Waals surface area contributed by atoms with Crippen LogP contribution in [0, 0.1) is 6.92 Å². The molecule has 0 bridgehead atoms. The van der Waals surface area contributed by atoms with Crippen LogP contribution in [0.1, 0.15) is 28.4 Å². The first kappa shape index (κ1) is 40.6. The van der Waals surface area contributed by atoms with Crippen LogP contribution in [-0.2, 0) is 35.8 Å². The maximum atomic E-state index is 12.7. The fourth-order valence-corrected chi connectivity index (χ4v) is 5.99. The van der Waals surface area contributed by atoms with E-state index in [1.807, 2.05) is 0 Å².